The van der Waals surface area contributed by atoms with Crippen LogP contribution >= 0.6 is 0 Å². The Hall–Kier alpha value is -4.31. The van der Waals surface area contributed by atoms with Crippen molar-refractivity contribution in [1.82, 2.24) is 9.80 Å². The van der Waals surface area contributed by atoms with Gasteiger partial charge < -0.3 is 24.0 Å². The first-order valence-electron chi connectivity index (χ1n) is 14.5. The molecule has 5 rings (SSSR count). The molecule has 2 heterocycles. The van der Waals surface area contributed by atoms with Crippen LogP contribution < -0.4 is 19.1 Å². The van der Waals surface area contributed by atoms with Crippen molar-refractivity contribution >= 4 is 17.3 Å². The number of nitro groups is 1. The average molecular weight is 591 g/mol. The second kappa shape index (κ2) is 15.2. The largest absolute Gasteiger partial charge is 0.490 e. The van der Waals surface area contributed by atoms with E-state index in [1.165, 1.54) is 18.9 Å². The predicted octanol–water partition coefficient (Wildman–Crippen LogP) is 5.40. The molecule has 0 atom stereocenters. The van der Waals surface area contributed by atoms with Crippen LogP contribution in [0.2, 0.25) is 0 Å². The summed E-state index contributed by atoms with van der Waals surface area (Å²) in [5.41, 5.74) is 2.25. The van der Waals surface area contributed by atoms with Gasteiger partial charge in [-0.25, -0.2) is 0 Å². The molecule has 1 amide bonds. The fraction of sp³-hybridized carbons (Fsp3) is 0.424. The van der Waals surface area contributed by atoms with Gasteiger partial charge >= 0.3 is 5.69 Å². The normalized spacial score (nSPS) is 15.8. The summed E-state index contributed by atoms with van der Waals surface area (Å²) in [5, 5.41) is 11.1. The van der Waals surface area contributed by atoms with Gasteiger partial charge in [0.2, 0.25) is 11.7 Å². The number of hydrogen-bond donors (Lipinski definition) is 0. The van der Waals surface area contributed by atoms with Gasteiger partial charge in [-0.15, -0.1) is 0 Å². The molecule has 0 radical (unpaired) electrons. The molecule has 0 aromatic heterocycles. The number of amides is 1. The summed E-state index contributed by atoms with van der Waals surface area (Å²) in [6.45, 7) is 6.31. The number of piperazine rings is 1. The van der Waals surface area contributed by atoms with Gasteiger partial charge in [0.15, 0.2) is 0 Å². The highest BCUT2D eigenvalue weighted by molar-refractivity contribution is 5.76. The Labute approximate surface area is 253 Å². The lowest BCUT2D eigenvalue weighted by atomic mass is 10.1. The molecule has 0 bridgehead atoms. The Balaban J connectivity index is 0.00000423. The molecule has 2 aliphatic rings. The van der Waals surface area contributed by atoms with Crippen LogP contribution in [0.1, 0.15) is 32.3 Å². The second-order valence-corrected chi connectivity index (χ2v) is 10.6. The Morgan fingerprint density at radius 3 is 2.23 bits per heavy atom. The minimum Gasteiger partial charge on any atom is -0.490 e. The second-order valence-electron chi connectivity index (χ2n) is 10.6. The Bertz CT molecular complexity index is 1320. The Kier molecular flexibility index (Phi) is 11.2. The summed E-state index contributed by atoms with van der Waals surface area (Å²) in [6.07, 6.45) is 1.91. The standard InChI is InChI=1S/C32H38N4O6.CH4/c1-40-31-23-29(11-12-30(31)36(38)39)42-28-13-17-35(18-14-28)32(37)15-16-33-19-21-34(22-20-33)26-7-9-27(10-8-26)41-24-25-5-3-2-4-6-25;/h2-12,23,28H,13-22,24H2,1H3;1H4. The van der Waals surface area contributed by atoms with E-state index >= 15 is 0 Å². The van der Waals surface area contributed by atoms with Gasteiger partial charge in [-0.05, 0) is 35.9 Å². The number of methoxy groups -OCH3 is 1. The monoisotopic (exact) mass is 590 g/mol. The highest BCUT2D eigenvalue weighted by Gasteiger charge is 2.26. The number of rotatable bonds is 11. The van der Waals surface area contributed by atoms with Crippen LogP contribution in [0.15, 0.2) is 72.8 Å². The van der Waals surface area contributed by atoms with E-state index in [0.717, 1.165) is 56.9 Å². The number of nitrogens with zero attached hydrogens (tertiary/aromatic N) is 4. The maximum atomic E-state index is 12.9. The number of nitro benzene ring substituents is 1. The SMILES string of the molecule is C.COc1cc(OC2CCN(C(=O)CCN3CCN(c4ccc(OCc5ccccc5)cc4)CC3)CC2)ccc1[N+](=O)[O-]. The van der Waals surface area contributed by atoms with Crippen molar-refractivity contribution in [3.63, 3.8) is 0 Å². The number of ether oxygens (including phenoxy) is 3. The molecule has 10 heteroatoms. The van der Waals surface area contributed by atoms with E-state index < -0.39 is 4.92 Å². The van der Waals surface area contributed by atoms with Gasteiger partial charge in [0, 0.05) is 82.9 Å². The molecule has 3 aromatic carbocycles. The number of carbonyl (C=O) groups excluding carboxylic acids is 1. The zero-order valence-corrected chi connectivity index (χ0v) is 24.0. The first-order valence-corrected chi connectivity index (χ1v) is 14.5. The maximum absolute atomic E-state index is 12.9. The van der Waals surface area contributed by atoms with Crippen LogP contribution in [0, 0.1) is 10.1 Å². The van der Waals surface area contributed by atoms with Gasteiger partial charge in [0.05, 0.1) is 12.0 Å². The quantitative estimate of drug-likeness (QED) is 0.216. The molecule has 0 saturated carbocycles. The van der Waals surface area contributed by atoms with Gasteiger partial charge in [-0.1, -0.05) is 37.8 Å². The van der Waals surface area contributed by atoms with E-state index in [1.807, 2.05) is 35.2 Å². The molecule has 3 aromatic rings. The van der Waals surface area contributed by atoms with Crippen molar-refractivity contribution in [3.05, 3.63) is 88.5 Å². The smallest absolute Gasteiger partial charge is 0.311 e. The van der Waals surface area contributed by atoms with Crippen molar-refractivity contribution in [3.8, 4) is 17.2 Å². The summed E-state index contributed by atoms with van der Waals surface area (Å²) >= 11 is 0. The van der Waals surface area contributed by atoms with Crippen molar-refractivity contribution in [2.75, 3.05) is 57.8 Å². The van der Waals surface area contributed by atoms with Crippen LogP contribution in [-0.4, -0.2) is 79.7 Å². The van der Waals surface area contributed by atoms with Crippen molar-refractivity contribution in [1.29, 1.82) is 0 Å². The first-order chi connectivity index (χ1) is 20.5. The van der Waals surface area contributed by atoms with E-state index in [9.17, 15) is 14.9 Å². The summed E-state index contributed by atoms with van der Waals surface area (Å²) in [6, 6.07) is 23.0. The average Bonchev–Trinajstić information content (AvgIpc) is 3.04. The third kappa shape index (κ3) is 8.61. The Morgan fingerprint density at radius 2 is 1.58 bits per heavy atom. The summed E-state index contributed by atoms with van der Waals surface area (Å²) in [7, 11) is 1.40. The highest BCUT2D eigenvalue weighted by Crippen LogP contribution is 2.32. The summed E-state index contributed by atoms with van der Waals surface area (Å²) in [4.78, 5) is 30.2. The highest BCUT2D eigenvalue weighted by atomic mass is 16.6. The van der Waals surface area contributed by atoms with Gasteiger partial charge in [0.1, 0.15) is 24.2 Å². The molecule has 0 N–H and O–H groups in total. The van der Waals surface area contributed by atoms with Gasteiger partial charge in [-0.2, -0.15) is 0 Å². The fourth-order valence-electron chi connectivity index (χ4n) is 5.43. The van der Waals surface area contributed by atoms with Gasteiger partial charge in [0.25, 0.3) is 0 Å². The topological polar surface area (TPSA) is 97.6 Å². The Morgan fingerprint density at radius 1 is 0.907 bits per heavy atom. The van der Waals surface area contributed by atoms with Crippen LogP contribution in [0.3, 0.4) is 0 Å². The van der Waals surface area contributed by atoms with Crippen molar-refractivity contribution in [2.45, 2.75) is 39.4 Å². The number of anilines is 1. The predicted molar refractivity (Wildman–Crippen MR) is 167 cm³/mol. The summed E-state index contributed by atoms with van der Waals surface area (Å²) < 4.78 is 17.1. The number of likely N-dealkylation sites (tertiary alicyclic amines) is 1. The molecule has 2 saturated heterocycles. The fourth-order valence-corrected chi connectivity index (χ4v) is 5.43. The molecule has 2 fully saturated rings. The molecule has 0 aliphatic carbocycles. The molecular formula is C33H42N4O6. The van der Waals surface area contributed by atoms with E-state index in [4.69, 9.17) is 14.2 Å². The molecular weight excluding hydrogens is 548 g/mol. The number of benzene rings is 3. The van der Waals surface area contributed by atoms with E-state index in [2.05, 4.69) is 34.1 Å². The van der Waals surface area contributed by atoms with Crippen LogP contribution in [0.25, 0.3) is 0 Å². The summed E-state index contributed by atoms with van der Waals surface area (Å²) in [5.74, 6) is 1.75. The third-order valence-electron chi connectivity index (χ3n) is 7.91. The van der Waals surface area contributed by atoms with Crippen LogP contribution in [0.4, 0.5) is 11.4 Å². The lowest BCUT2D eigenvalue weighted by molar-refractivity contribution is -0.385. The van der Waals surface area contributed by atoms with Crippen molar-refractivity contribution in [2.24, 2.45) is 0 Å². The molecule has 230 valence electrons. The lowest BCUT2D eigenvalue weighted by Gasteiger charge is -2.37. The number of hydrogen-bond acceptors (Lipinski definition) is 8. The first kappa shape index (κ1) is 31.6. The van der Waals surface area contributed by atoms with Crippen LogP contribution in [-0.2, 0) is 11.4 Å². The van der Waals surface area contributed by atoms with Gasteiger partial charge in [-0.3, -0.25) is 19.8 Å². The molecule has 43 heavy (non-hydrogen) atoms. The molecule has 0 spiro atoms. The van der Waals surface area contributed by atoms with Crippen molar-refractivity contribution < 1.29 is 23.9 Å². The molecule has 0 unspecified atom stereocenters. The number of carbonyl (C=O) groups is 1. The zero-order chi connectivity index (χ0) is 29.3. The lowest BCUT2D eigenvalue weighted by Crippen LogP contribution is -2.48. The van der Waals surface area contributed by atoms with Crippen LogP contribution in [0.5, 0.6) is 17.2 Å². The molecule has 2 aliphatic heterocycles. The van der Waals surface area contributed by atoms with E-state index in [1.54, 1.807) is 12.1 Å². The zero-order valence-electron chi connectivity index (χ0n) is 24.0. The van der Waals surface area contributed by atoms with E-state index in [0.29, 0.717) is 31.9 Å². The molecule has 10 nitrogen and oxygen atoms in total. The maximum Gasteiger partial charge on any atom is 0.311 e. The van der Waals surface area contributed by atoms with E-state index in [-0.39, 0.29) is 30.9 Å². The number of piperidine rings is 1. The minimum atomic E-state index is -0.477. The minimum absolute atomic E-state index is 0. The third-order valence-corrected chi connectivity index (χ3v) is 7.91.